The summed E-state index contributed by atoms with van der Waals surface area (Å²) in [6.07, 6.45) is 2.17. The number of amides is 1. The molecule has 5 nitrogen and oxygen atoms in total. The van der Waals surface area contributed by atoms with Crippen LogP contribution in [0, 0.1) is 11.8 Å². The zero-order valence-electron chi connectivity index (χ0n) is 20.0. The third-order valence-corrected chi connectivity index (χ3v) is 7.11. The molecule has 1 saturated heterocycles. The Hall–Kier alpha value is -3.29. The number of carboxylic acids is 1. The molecule has 1 aliphatic heterocycles. The fourth-order valence-electron chi connectivity index (χ4n) is 5.08. The van der Waals surface area contributed by atoms with Gasteiger partial charge in [0, 0.05) is 25.1 Å². The van der Waals surface area contributed by atoms with E-state index in [1.807, 2.05) is 4.90 Å². The second kappa shape index (κ2) is 11.2. The van der Waals surface area contributed by atoms with E-state index in [2.05, 4.69) is 0 Å². The Morgan fingerprint density at radius 1 is 0.972 bits per heavy atom. The van der Waals surface area contributed by atoms with E-state index >= 15 is 0 Å². The first-order chi connectivity index (χ1) is 17.2. The highest BCUT2D eigenvalue weighted by Gasteiger charge is 2.36. The second-order valence-corrected chi connectivity index (χ2v) is 9.62. The SMILES string of the molecule is O=C(O)/C(=C\c1ccc(OCCc2ccc(C(F)(F)F)cc2)cc1)CC(=O)N1C[C@H]2CCCC[C@H]2C1. The summed E-state index contributed by atoms with van der Waals surface area (Å²) in [7, 11) is 0. The maximum Gasteiger partial charge on any atom is 0.416 e. The van der Waals surface area contributed by atoms with Crippen molar-refractivity contribution in [3.05, 3.63) is 70.8 Å². The average Bonchev–Trinajstić information content (AvgIpc) is 3.29. The zero-order chi connectivity index (χ0) is 25.7. The highest BCUT2D eigenvalue weighted by molar-refractivity contribution is 5.98. The summed E-state index contributed by atoms with van der Waals surface area (Å²) in [6.45, 7) is 1.75. The average molecular weight is 502 g/mol. The lowest BCUT2D eigenvalue weighted by atomic mass is 9.82. The first kappa shape index (κ1) is 25.8. The van der Waals surface area contributed by atoms with Crippen LogP contribution in [0.1, 0.15) is 48.8 Å². The van der Waals surface area contributed by atoms with Crippen LogP contribution in [0.3, 0.4) is 0 Å². The van der Waals surface area contributed by atoms with E-state index in [0.29, 0.717) is 29.6 Å². The van der Waals surface area contributed by atoms with Crippen LogP contribution in [0.4, 0.5) is 13.2 Å². The topological polar surface area (TPSA) is 66.8 Å². The Kier molecular flexibility index (Phi) is 8.01. The van der Waals surface area contributed by atoms with Crippen molar-refractivity contribution in [2.24, 2.45) is 11.8 Å². The molecule has 36 heavy (non-hydrogen) atoms. The van der Waals surface area contributed by atoms with E-state index in [9.17, 15) is 27.9 Å². The molecule has 4 rings (SSSR count). The van der Waals surface area contributed by atoms with Crippen LogP contribution in [-0.2, 0) is 22.2 Å². The van der Waals surface area contributed by atoms with Crippen molar-refractivity contribution < 1.29 is 32.6 Å². The molecule has 1 aliphatic carbocycles. The number of hydrogen-bond acceptors (Lipinski definition) is 3. The molecule has 2 aromatic carbocycles. The van der Waals surface area contributed by atoms with Crippen molar-refractivity contribution in [1.82, 2.24) is 4.90 Å². The number of benzene rings is 2. The Morgan fingerprint density at radius 3 is 2.14 bits per heavy atom. The number of alkyl halides is 3. The van der Waals surface area contributed by atoms with Gasteiger partial charge >= 0.3 is 12.1 Å². The number of carbonyl (C=O) groups excluding carboxylic acids is 1. The van der Waals surface area contributed by atoms with Crippen LogP contribution in [0.15, 0.2) is 54.1 Å². The molecule has 0 radical (unpaired) electrons. The van der Waals surface area contributed by atoms with E-state index < -0.39 is 17.7 Å². The van der Waals surface area contributed by atoms with Crippen LogP contribution in [-0.4, -0.2) is 41.6 Å². The van der Waals surface area contributed by atoms with E-state index in [1.54, 1.807) is 24.3 Å². The van der Waals surface area contributed by atoms with Crippen molar-refractivity contribution >= 4 is 18.0 Å². The first-order valence-corrected chi connectivity index (χ1v) is 12.3. The van der Waals surface area contributed by atoms with Gasteiger partial charge in [0.25, 0.3) is 0 Å². The molecule has 192 valence electrons. The minimum atomic E-state index is -4.36. The summed E-state index contributed by atoms with van der Waals surface area (Å²) in [5.74, 6) is 0.406. The van der Waals surface area contributed by atoms with Crippen LogP contribution in [0.2, 0.25) is 0 Å². The number of carbonyl (C=O) groups is 2. The van der Waals surface area contributed by atoms with Crippen molar-refractivity contribution in [2.45, 2.75) is 44.7 Å². The van der Waals surface area contributed by atoms with E-state index in [0.717, 1.165) is 43.6 Å². The molecule has 2 aromatic rings. The molecule has 2 fully saturated rings. The number of carboxylic acid groups (broad SMARTS) is 1. The normalized spacial score (nSPS) is 20.2. The summed E-state index contributed by atoms with van der Waals surface area (Å²) in [5, 5.41) is 9.65. The summed E-state index contributed by atoms with van der Waals surface area (Å²) in [4.78, 5) is 26.4. The van der Waals surface area contributed by atoms with Gasteiger partial charge in [0.05, 0.1) is 18.6 Å². The summed E-state index contributed by atoms with van der Waals surface area (Å²) in [6, 6.07) is 11.8. The molecule has 1 heterocycles. The summed E-state index contributed by atoms with van der Waals surface area (Å²) >= 11 is 0. The molecule has 8 heteroatoms. The highest BCUT2D eigenvalue weighted by atomic mass is 19.4. The predicted molar refractivity (Wildman–Crippen MR) is 129 cm³/mol. The maximum atomic E-state index is 12.8. The zero-order valence-corrected chi connectivity index (χ0v) is 20.0. The number of aliphatic carboxylic acids is 1. The van der Waals surface area contributed by atoms with Gasteiger partial charge < -0.3 is 14.7 Å². The first-order valence-electron chi connectivity index (χ1n) is 12.3. The second-order valence-electron chi connectivity index (χ2n) is 9.62. The number of ether oxygens (including phenoxy) is 1. The molecule has 0 unspecified atom stereocenters. The predicted octanol–water partition coefficient (Wildman–Crippen LogP) is 5.83. The number of halogens is 3. The molecule has 0 bridgehead atoms. The van der Waals surface area contributed by atoms with Crippen LogP contribution in [0.25, 0.3) is 6.08 Å². The molecule has 1 saturated carbocycles. The number of hydrogen-bond donors (Lipinski definition) is 1. The molecule has 2 atom stereocenters. The maximum absolute atomic E-state index is 12.8. The third-order valence-electron chi connectivity index (χ3n) is 7.11. The lowest BCUT2D eigenvalue weighted by Gasteiger charge is -2.22. The monoisotopic (exact) mass is 501 g/mol. The van der Waals surface area contributed by atoms with E-state index in [1.165, 1.54) is 31.1 Å². The lowest BCUT2D eigenvalue weighted by Crippen LogP contribution is -2.29. The Bertz CT molecular complexity index is 1080. The quantitative estimate of drug-likeness (QED) is 0.462. The van der Waals surface area contributed by atoms with Gasteiger partial charge in [0.1, 0.15) is 5.75 Å². The van der Waals surface area contributed by atoms with Gasteiger partial charge in [-0.2, -0.15) is 13.2 Å². The van der Waals surface area contributed by atoms with E-state index in [4.69, 9.17) is 4.74 Å². The van der Waals surface area contributed by atoms with Gasteiger partial charge in [0.15, 0.2) is 0 Å². The molecule has 1 N–H and O–H groups in total. The minimum absolute atomic E-state index is 0.0471. The molecular weight excluding hydrogens is 471 g/mol. The number of likely N-dealkylation sites (tertiary alicyclic amines) is 1. The Labute approximate surface area is 208 Å². The number of fused-ring (bicyclic) bond motifs is 1. The van der Waals surface area contributed by atoms with Gasteiger partial charge in [-0.3, -0.25) is 4.79 Å². The fourth-order valence-corrected chi connectivity index (χ4v) is 5.08. The Morgan fingerprint density at radius 2 is 1.58 bits per heavy atom. The number of nitrogens with zero attached hydrogens (tertiary/aromatic N) is 1. The molecule has 1 amide bonds. The van der Waals surface area contributed by atoms with E-state index in [-0.39, 0.29) is 24.5 Å². The van der Waals surface area contributed by atoms with Gasteiger partial charge in [0.2, 0.25) is 5.91 Å². The molecule has 2 aliphatic rings. The summed E-state index contributed by atoms with van der Waals surface area (Å²) < 4.78 is 43.6. The largest absolute Gasteiger partial charge is 0.493 e. The van der Waals surface area contributed by atoms with Crippen LogP contribution < -0.4 is 4.74 Å². The standard InChI is InChI=1S/C28H30F3NO4/c29-28(30,31)24-9-5-19(6-10-24)13-14-36-25-11-7-20(8-12-25)15-23(27(34)35)16-26(33)32-17-21-3-1-2-4-22(21)18-32/h5-12,15,21-22H,1-4,13-14,16-18H2,(H,34,35)/b23-15-/t21-,22+. The van der Waals surface area contributed by atoms with Crippen molar-refractivity contribution in [3.8, 4) is 5.75 Å². The summed E-state index contributed by atoms with van der Waals surface area (Å²) in [5.41, 5.74) is 0.739. The van der Waals surface area contributed by atoms with Crippen LogP contribution >= 0.6 is 0 Å². The third kappa shape index (κ3) is 6.68. The van der Waals surface area contributed by atoms with Crippen molar-refractivity contribution in [2.75, 3.05) is 19.7 Å². The van der Waals surface area contributed by atoms with Gasteiger partial charge in [-0.05, 0) is 66.1 Å². The molecular formula is C28H30F3NO4. The smallest absolute Gasteiger partial charge is 0.416 e. The van der Waals surface area contributed by atoms with Crippen molar-refractivity contribution in [3.63, 3.8) is 0 Å². The fraction of sp³-hybridized carbons (Fsp3) is 0.429. The van der Waals surface area contributed by atoms with Crippen LogP contribution in [0.5, 0.6) is 5.75 Å². The Balaban J connectivity index is 1.30. The molecule has 0 aromatic heterocycles. The lowest BCUT2D eigenvalue weighted by molar-refractivity contribution is -0.137. The molecule has 0 spiro atoms. The highest BCUT2D eigenvalue weighted by Crippen LogP contribution is 2.36. The van der Waals surface area contributed by atoms with Crippen molar-refractivity contribution in [1.29, 1.82) is 0 Å². The van der Waals surface area contributed by atoms with Gasteiger partial charge in [-0.1, -0.05) is 37.1 Å². The van der Waals surface area contributed by atoms with Gasteiger partial charge in [-0.15, -0.1) is 0 Å². The minimum Gasteiger partial charge on any atom is -0.493 e. The van der Waals surface area contributed by atoms with Gasteiger partial charge in [-0.25, -0.2) is 4.79 Å². The number of rotatable bonds is 8.